The molecule has 1 aromatic rings. The van der Waals surface area contributed by atoms with Crippen LogP contribution in [0.15, 0.2) is 6.20 Å². The summed E-state index contributed by atoms with van der Waals surface area (Å²) in [6.07, 6.45) is -0.208. The van der Waals surface area contributed by atoms with Crippen molar-refractivity contribution in [3.8, 4) is 0 Å². The first-order chi connectivity index (χ1) is 7.09. The van der Waals surface area contributed by atoms with Gasteiger partial charge in [-0.25, -0.2) is 14.2 Å². The highest BCUT2D eigenvalue weighted by Crippen LogP contribution is 2.10. The van der Waals surface area contributed by atoms with E-state index in [0.29, 0.717) is 0 Å². The van der Waals surface area contributed by atoms with Gasteiger partial charge in [0.25, 0.3) is 0 Å². The molecule has 0 aliphatic carbocycles. The maximum absolute atomic E-state index is 13.0. The van der Waals surface area contributed by atoms with Crippen LogP contribution in [0, 0.1) is 5.82 Å². The van der Waals surface area contributed by atoms with Crippen molar-refractivity contribution in [2.75, 3.05) is 18.4 Å². The molecule has 0 saturated carbocycles. The average molecular weight is 235 g/mol. The summed E-state index contributed by atoms with van der Waals surface area (Å²) in [5, 5.41) is 12.8. The summed E-state index contributed by atoms with van der Waals surface area (Å²) in [5.74, 6) is -0.697. The highest BCUT2D eigenvalue weighted by Gasteiger charge is 2.04. The summed E-state index contributed by atoms with van der Waals surface area (Å²) < 4.78 is 13.0. The number of carboxylic acid groups (broad SMARTS) is 1. The van der Waals surface area contributed by atoms with E-state index in [9.17, 15) is 9.18 Å². The van der Waals surface area contributed by atoms with E-state index in [0.717, 1.165) is 6.20 Å². The molecule has 1 rings (SSSR count). The molecular formula is C7H8ClFN4O2. The fourth-order valence-corrected chi connectivity index (χ4v) is 0.953. The Labute approximate surface area is 89.5 Å². The van der Waals surface area contributed by atoms with Gasteiger partial charge < -0.3 is 15.7 Å². The second-order valence-corrected chi connectivity index (χ2v) is 2.83. The van der Waals surface area contributed by atoms with E-state index in [1.165, 1.54) is 0 Å². The molecule has 0 atom stereocenters. The number of hydrogen-bond donors (Lipinski definition) is 3. The Morgan fingerprint density at radius 1 is 1.60 bits per heavy atom. The van der Waals surface area contributed by atoms with E-state index in [4.69, 9.17) is 16.7 Å². The third kappa shape index (κ3) is 3.94. The van der Waals surface area contributed by atoms with Crippen LogP contribution in [0.1, 0.15) is 0 Å². The third-order valence-electron chi connectivity index (χ3n) is 1.41. The Kier molecular flexibility index (Phi) is 4.04. The Bertz CT molecular complexity index is 363. The lowest BCUT2D eigenvalue weighted by molar-refractivity contribution is 0.195. The highest BCUT2D eigenvalue weighted by molar-refractivity contribution is 6.28. The first-order valence-corrected chi connectivity index (χ1v) is 4.36. The Balaban J connectivity index is 2.43. The van der Waals surface area contributed by atoms with E-state index in [1.54, 1.807) is 0 Å². The number of anilines is 1. The van der Waals surface area contributed by atoms with E-state index >= 15 is 0 Å². The molecule has 0 radical (unpaired) electrons. The van der Waals surface area contributed by atoms with Crippen molar-refractivity contribution in [3.63, 3.8) is 0 Å². The molecule has 0 aromatic carbocycles. The normalized spacial score (nSPS) is 9.73. The van der Waals surface area contributed by atoms with E-state index in [2.05, 4.69) is 20.6 Å². The summed E-state index contributed by atoms with van der Waals surface area (Å²) in [4.78, 5) is 17.1. The molecule has 0 unspecified atom stereocenters. The minimum Gasteiger partial charge on any atom is -0.465 e. The number of halogens is 2. The van der Waals surface area contributed by atoms with Crippen LogP contribution in [0.3, 0.4) is 0 Å². The van der Waals surface area contributed by atoms with Gasteiger partial charge in [-0.3, -0.25) is 0 Å². The maximum atomic E-state index is 13.0. The van der Waals surface area contributed by atoms with Crippen molar-refractivity contribution in [3.05, 3.63) is 17.3 Å². The number of aromatic nitrogens is 2. The molecule has 82 valence electrons. The highest BCUT2D eigenvalue weighted by atomic mass is 35.5. The van der Waals surface area contributed by atoms with Crippen molar-refractivity contribution in [2.45, 2.75) is 0 Å². The van der Waals surface area contributed by atoms with Crippen LogP contribution < -0.4 is 10.6 Å². The predicted molar refractivity (Wildman–Crippen MR) is 51.5 cm³/mol. The lowest BCUT2D eigenvalue weighted by Crippen LogP contribution is -2.27. The van der Waals surface area contributed by atoms with Crippen LogP contribution in [0.2, 0.25) is 5.28 Å². The van der Waals surface area contributed by atoms with Gasteiger partial charge in [-0.2, -0.15) is 4.98 Å². The van der Waals surface area contributed by atoms with Crippen LogP contribution in [-0.4, -0.2) is 34.3 Å². The fraction of sp³-hybridized carbons (Fsp3) is 0.286. The van der Waals surface area contributed by atoms with Gasteiger partial charge in [0.2, 0.25) is 5.28 Å². The van der Waals surface area contributed by atoms with Gasteiger partial charge in [0.15, 0.2) is 11.6 Å². The summed E-state index contributed by atoms with van der Waals surface area (Å²) in [7, 11) is 0. The quantitative estimate of drug-likeness (QED) is 0.533. The van der Waals surface area contributed by atoms with Crippen molar-refractivity contribution < 1.29 is 14.3 Å². The standard InChI is InChI=1S/C7H8ClFN4O2/c8-6-12-3-4(9)5(13-6)10-1-2-11-7(14)15/h3,11H,1-2H2,(H,14,15)(H,10,12,13). The van der Waals surface area contributed by atoms with Gasteiger partial charge >= 0.3 is 6.09 Å². The monoisotopic (exact) mass is 234 g/mol. The second-order valence-electron chi connectivity index (χ2n) is 2.49. The molecule has 0 aliphatic heterocycles. The molecule has 0 aliphatic rings. The number of carbonyl (C=O) groups is 1. The molecular weight excluding hydrogens is 227 g/mol. The topological polar surface area (TPSA) is 87.1 Å². The number of nitrogens with one attached hydrogen (secondary N) is 2. The number of nitrogens with zero attached hydrogens (tertiary/aromatic N) is 2. The minimum atomic E-state index is -1.14. The van der Waals surface area contributed by atoms with Crippen LogP contribution in [-0.2, 0) is 0 Å². The molecule has 6 nitrogen and oxygen atoms in total. The van der Waals surface area contributed by atoms with E-state index in [1.807, 2.05) is 0 Å². The van der Waals surface area contributed by atoms with Crippen molar-refractivity contribution in [2.24, 2.45) is 0 Å². The van der Waals surface area contributed by atoms with Crippen LogP contribution in [0.25, 0.3) is 0 Å². The fourth-order valence-electron chi connectivity index (χ4n) is 0.820. The van der Waals surface area contributed by atoms with Crippen LogP contribution in [0.4, 0.5) is 15.0 Å². The Hall–Kier alpha value is -1.63. The third-order valence-corrected chi connectivity index (χ3v) is 1.59. The molecule has 15 heavy (non-hydrogen) atoms. The van der Waals surface area contributed by atoms with Gasteiger partial charge in [0.05, 0.1) is 6.20 Å². The van der Waals surface area contributed by atoms with Gasteiger partial charge in [-0.15, -0.1) is 0 Å². The predicted octanol–water partition coefficient (Wildman–Crippen LogP) is 0.949. The van der Waals surface area contributed by atoms with Crippen molar-refractivity contribution in [1.82, 2.24) is 15.3 Å². The summed E-state index contributed by atoms with van der Waals surface area (Å²) in [6.45, 7) is 0.340. The Morgan fingerprint density at radius 3 is 3.00 bits per heavy atom. The molecule has 0 fully saturated rings. The average Bonchev–Trinajstić information content (AvgIpc) is 2.17. The van der Waals surface area contributed by atoms with E-state index < -0.39 is 11.9 Å². The summed E-state index contributed by atoms with van der Waals surface area (Å²) in [6, 6.07) is 0. The molecule has 1 heterocycles. The number of rotatable bonds is 4. The molecule has 1 amide bonds. The lowest BCUT2D eigenvalue weighted by Gasteiger charge is -2.05. The number of amides is 1. The minimum absolute atomic E-state index is 0.0535. The zero-order valence-electron chi connectivity index (χ0n) is 7.50. The first kappa shape index (κ1) is 11.4. The first-order valence-electron chi connectivity index (χ1n) is 3.98. The lowest BCUT2D eigenvalue weighted by atomic mass is 10.5. The van der Waals surface area contributed by atoms with Crippen molar-refractivity contribution in [1.29, 1.82) is 0 Å². The zero-order chi connectivity index (χ0) is 11.3. The molecule has 0 bridgehead atoms. The zero-order valence-corrected chi connectivity index (χ0v) is 8.25. The second kappa shape index (κ2) is 5.30. The largest absolute Gasteiger partial charge is 0.465 e. The molecule has 0 spiro atoms. The smallest absolute Gasteiger partial charge is 0.404 e. The maximum Gasteiger partial charge on any atom is 0.404 e. The summed E-state index contributed by atoms with van der Waals surface area (Å²) >= 11 is 5.44. The Morgan fingerprint density at radius 2 is 2.33 bits per heavy atom. The van der Waals surface area contributed by atoms with Gasteiger partial charge in [0.1, 0.15) is 0 Å². The van der Waals surface area contributed by atoms with Gasteiger partial charge in [-0.05, 0) is 11.6 Å². The van der Waals surface area contributed by atoms with Crippen LogP contribution >= 0.6 is 11.6 Å². The molecule has 8 heteroatoms. The SMILES string of the molecule is O=C(O)NCCNc1nc(Cl)ncc1F. The molecule has 3 N–H and O–H groups in total. The van der Waals surface area contributed by atoms with Gasteiger partial charge in [-0.1, -0.05) is 0 Å². The van der Waals surface area contributed by atoms with Gasteiger partial charge in [0, 0.05) is 13.1 Å². The van der Waals surface area contributed by atoms with E-state index in [-0.39, 0.29) is 24.2 Å². The number of hydrogen-bond acceptors (Lipinski definition) is 4. The molecule has 0 saturated heterocycles. The van der Waals surface area contributed by atoms with Crippen molar-refractivity contribution >= 4 is 23.5 Å². The van der Waals surface area contributed by atoms with Crippen LogP contribution in [0.5, 0.6) is 0 Å². The summed E-state index contributed by atoms with van der Waals surface area (Å²) in [5.41, 5.74) is 0. The molecule has 1 aromatic heterocycles.